The summed E-state index contributed by atoms with van der Waals surface area (Å²) >= 11 is 6.08. The van der Waals surface area contributed by atoms with Gasteiger partial charge in [-0.1, -0.05) is 24.9 Å². The van der Waals surface area contributed by atoms with Crippen LogP contribution >= 0.6 is 11.6 Å². The highest BCUT2D eigenvalue weighted by molar-refractivity contribution is 6.31. The third-order valence-electron chi connectivity index (χ3n) is 3.71. The van der Waals surface area contributed by atoms with Crippen molar-refractivity contribution in [2.75, 3.05) is 0 Å². The predicted molar refractivity (Wildman–Crippen MR) is 69.3 cm³/mol. The van der Waals surface area contributed by atoms with Gasteiger partial charge < -0.3 is 4.98 Å². The summed E-state index contributed by atoms with van der Waals surface area (Å²) < 4.78 is 0. The maximum Gasteiger partial charge on any atom is 0.0460 e. The SMILES string of the molecule is C[C@H]1CCCCc2c1[nH]c1ccc(Cl)cc21. The monoisotopic (exact) mass is 233 g/mol. The van der Waals surface area contributed by atoms with Crippen LogP contribution in [0.15, 0.2) is 18.2 Å². The molecule has 1 aliphatic carbocycles. The largest absolute Gasteiger partial charge is 0.358 e. The van der Waals surface area contributed by atoms with E-state index in [1.807, 2.05) is 6.07 Å². The maximum absolute atomic E-state index is 6.08. The van der Waals surface area contributed by atoms with Crippen LogP contribution < -0.4 is 0 Å². The lowest BCUT2D eigenvalue weighted by molar-refractivity contribution is 0.626. The molecule has 0 saturated carbocycles. The van der Waals surface area contributed by atoms with Gasteiger partial charge in [0.05, 0.1) is 0 Å². The molecule has 0 radical (unpaired) electrons. The van der Waals surface area contributed by atoms with E-state index in [2.05, 4.69) is 24.0 Å². The Morgan fingerprint density at radius 1 is 1.31 bits per heavy atom. The van der Waals surface area contributed by atoms with Crippen molar-refractivity contribution in [3.8, 4) is 0 Å². The smallest absolute Gasteiger partial charge is 0.0460 e. The number of benzene rings is 1. The van der Waals surface area contributed by atoms with E-state index in [0.29, 0.717) is 5.92 Å². The lowest BCUT2D eigenvalue weighted by Crippen LogP contribution is -1.93. The van der Waals surface area contributed by atoms with E-state index in [1.165, 1.54) is 47.8 Å². The molecule has 1 nitrogen and oxygen atoms in total. The molecule has 0 unspecified atom stereocenters. The number of aromatic amines is 1. The van der Waals surface area contributed by atoms with Gasteiger partial charge in [-0.15, -0.1) is 0 Å². The molecule has 1 heterocycles. The van der Waals surface area contributed by atoms with Crippen molar-refractivity contribution < 1.29 is 0 Å². The van der Waals surface area contributed by atoms with Crippen molar-refractivity contribution in [1.82, 2.24) is 4.98 Å². The molecule has 2 heteroatoms. The van der Waals surface area contributed by atoms with Gasteiger partial charge >= 0.3 is 0 Å². The average Bonchev–Trinajstić information content (AvgIpc) is 2.52. The number of nitrogens with one attached hydrogen (secondary N) is 1. The Bertz CT molecular complexity index is 527. The van der Waals surface area contributed by atoms with Crippen molar-refractivity contribution in [2.45, 2.75) is 38.5 Å². The zero-order valence-corrected chi connectivity index (χ0v) is 10.3. The Morgan fingerprint density at radius 2 is 2.19 bits per heavy atom. The summed E-state index contributed by atoms with van der Waals surface area (Å²) in [7, 11) is 0. The quantitative estimate of drug-likeness (QED) is 0.638. The minimum atomic E-state index is 0.656. The molecule has 0 bridgehead atoms. The van der Waals surface area contributed by atoms with Gasteiger partial charge in [0.15, 0.2) is 0 Å². The lowest BCUT2D eigenvalue weighted by atomic mass is 10.0. The molecule has 16 heavy (non-hydrogen) atoms. The minimum absolute atomic E-state index is 0.656. The fourth-order valence-electron chi connectivity index (χ4n) is 2.83. The van der Waals surface area contributed by atoms with Crippen LogP contribution in [0.4, 0.5) is 0 Å². The average molecular weight is 234 g/mol. The molecule has 1 aliphatic rings. The van der Waals surface area contributed by atoms with Gasteiger partial charge in [-0.2, -0.15) is 0 Å². The molecule has 3 rings (SSSR count). The second kappa shape index (κ2) is 3.81. The van der Waals surface area contributed by atoms with Crippen molar-refractivity contribution >= 4 is 22.5 Å². The number of rotatable bonds is 0. The molecule has 0 fully saturated rings. The topological polar surface area (TPSA) is 15.8 Å². The van der Waals surface area contributed by atoms with Crippen LogP contribution in [0.1, 0.15) is 43.4 Å². The van der Waals surface area contributed by atoms with Gasteiger partial charge in [0, 0.05) is 21.6 Å². The maximum atomic E-state index is 6.08. The third-order valence-corrected chi connectivity index (χ3v) is 3.94. The minimum Gasteiger partial charge on any atom is -0.358 e. The summed E-state index contributed by atoms with van der Waals surface area (Å²) in [5, 5.41) is 2.17. The lowest BCUT2D eigenvalue weighted by Gasteiger charge is -2.06. The Hall–Kier alpha value is -0.950. The van der Waals surface area contributed by atoms with Gasteiger partial charge in [0.2, 0.25) is 0 Å². The van der Waals surface area contributed by atoms with E-state index in [4.69, 9.17) is 11.6 Å². The first-order chi connectivity index (χ1) is 7.75. The van der Waals surface area contributed by atoms with Crippen molar-refractivity contribution in [1.29, 1.82) is 0 Å². The Labute approximate surface area is 101 Å². The predicted octanol–water partition coefficient (Wildman–Crippen LogP) is 4.65. The molecule has 84 valence electrons. The highest BCUT2D eigenvalue weighted by Gasteiger charge is 2.19. The van der Waals surface area contributed by atoms with E-state index >= 15 is 0 Å². The number of fused-ring (bicyclic) bond motifs is 3. The van der Waals surface area contributed by atoms with Gasteiger partial charge in [0.1, 0.15) is 0 Å². The fourth-order valence-corrected chi connectivity index (χ4v) is 3.00. The van der Waals surface area contributed by atoms with E-state index in [-0.39, 0.29) is 0 Å². The highest BCUT2D eigenvalue weighted by Crippen LogP contribution is 2.35. The number of H-pyrrole nitrogens is 1. The van der Waals surface area contributed by atoms with Gasteiger partial charge in [-0.05, 0) is 48.9 Å². The molecule has 1 N–H and O–H groups in total. The van der Waals surface area contributed by atoms with Crippen LogP contribution in [0.25, 0.3) is 10.9 Å². The van der Waals surface area contributed by atoms with E-state index < -0.39 is 0 Å². The molecule has 0 aliphatic heterocycles. The van der Waals surface area contributed by atoms with Crippen molar-refractivity contribution in [3.05, 3.63) is 34.5 Å². The van der Waals surface area contributed by atoms with Gasteiger partial charge in [-0.3, -0.25) is 0 Å². The Balaban J connectivity index is 2.26. The molecular weight excluding hydrogens is 218 g/mol. The number of halogens is 1. The normalized spacial score (nSPS) is 20.8. The fraction of sp³-hybridized carbons (Fsp3) is 0.429. The van der Waals surface area contributed by atoms with Crippen molar-refractivity contribution in [3.63, 3.8) is 0 Å². The Kier molecular flexibility index (Phi) is 2.44. The summed E-state index contributed by atoms with van der Waals surface area (Å²) in [6.07, 6.45) is 5.14. The van der Waals surface area contributed by atoms with Gasteiger partial charge in [-0.25, -0.2) is 0 Å². The number of hydrogen-bond acceptors (Lipinski definition) is 0. The summed E-state index contributed by atoms with van der Waals surface area (Å²) in [5.41, 5.74) is 4.18. The Morgan fingerprint density at radius 3 is 3.06 bits per heavy atom. The van der Waals surface area contributed by atoms with Crippen LogP contribution in [0.2, 0.25) is 5.02 Å². The summed E-state index contributed by atoms with van der Waals surface area (Å²) in [5.74, 6) is 0.656. The summed E-state index contributed by atoms with van der Waals surface area (Å²) in [6, 6.07) is 6.16. The van der Waals surface area contributed by atoms with Crippen LogP contribution in [0, 0.1) is 0 Å². The van der Waals surface area contributed by atoms with E-state index in [1.54, 1.807) is 0 Å². The molecule has 0 spiro atoms. The summed E-state index contributed by atoms with van der Waals surface area (Å²) in [4.78, 5) is 3.57. The molecule has 2 aromatic rings. The molecule has 1 atom stereocenters. The van der Waals surface area contributed by atoms with Crippen LogP contribution in [-0.4, -0.2) is 4.98 Å². The molecule has 1 aromatic heterocycles. The first kappa shape index (κ1) is 10.2. The van der Waals surface area contributed by atoms with Crippen LogP contribution in [0.5, 0.6) is 0 Å². The number of aromatic nitrogens is 1. The standard InChI is InChI=1S/C14H16ClN/c1-9-4-2-3-5-11-12-8-10(15)6-7-13(12)16-14(9)11/h6-9,16H,2-5H2,1H3/t9-/m0/s1. The first-order valence-electron chi connectivity index (χ1n) is 6.05. The third kappa shape index (κ3) is 1.54. The number of hydrogen-bond donors (Lipinski definition) is 1. The van der Waals surface area contributed by atoms with Crippen LogP contribution in [-0.2, 0) is 6.42 Å². The first-order valence-corrected chi connectivity index (χ1v) is 6.43. The number of aryl methyl sites for hydroxylation is 1. The second-order valence-corrected chi connectivity index (χ2v) is 5.29. The molecule has 0 saturated heterocycles. The molecule has 0 amide bonds. The second-order valence-electron chi connectivity index (χ2n) is 4.85. The van der Waals surface area contributed by atoms with E-state index in [0.717, 1.165) is 5.02 Å². The zero-order chi connectivity index (χ0) is 11.1. The van der Waals surface area contributed by atoms with Gasteiger partial charge in [0.25, 0.3) is 0 Å². The molecule has 1 aromatic carbocycles. The van der Waals surface area contributed by atoms with Crippen LogP contribution in [0.3, 0.4) is 0 Å². The zero-order valence-electron chi connectivity index (χ0n) is 9.52. The van der Waals surface area contributed by atoms with E-state index in [9.17, 15) is 0 Å². The highest BCUT2D eigenvalue weighted by atomic mass is 35.5. The molecular formula is C14H16ClN. The van der Waals surface area contributed by atoms with Crippen molar-refractivity contribution in [2.24, 2.45) is 0 Å². The summed E-state index contributed by atoms with van der Waals surface area (Å²) in [6.45, 7) is 2.32.